The van der Waals surface area contributed by atoms with Gasteiger partial charge in [-0.15, -0.1) is 0 Å². The van der Waals surface area contributed by atoms with Gasteiger partial charge in [0.15, 0.2) is 0 Å². The van der Waals surface area contributed by atoms with Crippen molar-refractivity contribution in [2.24, 2.45) is 0 Å². The van der Waals surface area contributed by atoms with Crippen LogP contribution in [0.1, 0.15) is 36.8 Å². The van der Waals surface area contributed by atoms with Crippen LogP contribution < -0.4 is 18.9 Å². The minimum Gasteiger partial charge on any atom is -0.494 e. The Hall–Kier alpha value is -5.61. The average Bonchev–Trinajstić information content (AvgIpc) is 3.11. The van der Waals surface area contributed by atoms with E-state index in [1.807, 2.05) is 0 Å². The van der Waals surface area contributed by atoms with Crippen LogP contribution in [0.4, 0.5) is 0 Å². The van der Waals surface area contributed by atoms with E-state index >= 15 is 0 Å². The van der Waals surface area contributed by atoms with E-state index in [9.17, 15) is 19.2 Å². The standard InChI is InChI=1S/C38H37ClO10/c1-3-35(40)46-25-7-5-23-44-30-15-9-28(10-16-30)13-21-37(42)48-32-19-20-34(33(39)27-32)49-38(43)22-14-29-11-17-31(18-12-29)45-24-6-8-26-47-36(41)4-2/h3-4,9-22,27H,1-2,5-8,23-26H2/b21-13+,22-14+. The van der Waals surface area contributed by atoms with Crippen LogP contribution in [0.5, 0.6) is 23.0 Å². The lowest BCUT2D eigenvalue weighted by atomic mass is 10.2. The zero-order chi connectivity index (χ0) is 35.3. The van der Waals surface area contributed by atoms with E-state index in [4.69, 9.17) is 40.0 Å². The number of ether oxygens (including phenoxy) is 6. The molecule has 0 saturated carbocycles. The maximum Gasteiger partial charge on any atom is 0.336 e. The molecule has 0 atom stereocenters. The normalized spacial score (nSPS) is 10.7. The molecule has 0 spiro atoms. The highest BCUT2D eigenvalue weighted by molar-refractivity contribution is 6.32. The number of carbonyl (C=O) groups is 4. The van der Waals surface area contributed by atoms with Crippen molar-refractivity contribution in [3.8, 4) is 23.0 Å². The molecule has 0 aromatic heterocycles. The van der Waals surface area contributed by atoms with Crippen molar-refractivity contribution in [3.05, 3.63) is 120 Å². The highest BCUT2D eigenvalue weighted by Crippen LogP contribution is 2.29. The molecule has 0 aliphatic rings. The third kappa shape index (κ3) is 15.2. The summed E-state index contributed by atoms with van der Waals surface area (Å²) in [6.07, 6.45) is 10.8. The van der Waals surface area contributed by atoms with E-state index < -0.39 is 23.9 Å². The van der Waals surface area contributed by atoms with Crippen LogP contribution in [0.25, 0.3) is 12.2 Å². The van der Waals surface area contributed by atoms with Crippen molar-refractivity contribution in [3.63, 3.8) is 0 Å². The molecule has 0 N–H and O–H groups in total. The van der Waals surface area contributed by atoms with Crippen LogP contribution in [-0.4, -0.2) is 50.3 Å². The van der Waals surface area contributed by atoms with Gasteiger partial charge in [0.05, 0.1) is 31.5 Å². The fraction of sp³-hybridized carbons (Fsp3) is 0.211. The molecule has 11 heteroatoms. The lowest BCUT2D eigenvalue weighted by molar-refractivity contribution is -0.138. The maximum atomic E-state index is 12.4. The summed E-state index contributed by atoms with van der Waals surface area (Å²) in [6.45, 7) is 8.25. The first-order chi connectivity index (χ1) is 23.7. The first-order valence-electron chi connectivity index (χ1n) is 15.4. The number of hydrogen-bond acceptors (Lipinski definition) is 10. The highest BCUT2D eigenvalue weighted by atomic mass is 35.5. The van der Waals surface area contributed by atoms with E-state index in [2.05, 4.69) is 13.2 Å². The molecule has 0 radical (unpaired) electrons. The number of esters is 4. The zero-order valence-electron chi connectivity index (χ0n) is 26.8. The molecule has 3 aromatic rings. The van der Waals surface area contributed by atoms with Crippen molar-refractivity contribution in [2.45, 2.75) is 25.7 Å². The number of benzene rings is 3. The van der Waals surface area contributed by atoms with Crippen LogP contribution in [0.2, 0.25) is 5.02 Å². The van der Waals surface area contributed by atoms with E-state index in [1.165, 1.54) is 30.4 Å². The minimum absolute atomic E-state index is 0.0877. The molecule has 10 nitrogen and oxygen atoms in total. The zero-order valence-corrected chi connectivity index (χ0v) is 27.6. The van der Waals surface area contributed by atoms with Crippen LogP contribution in [0, 0.1) is 0 Å². The van der Waals surface area contributed by atoms with Crippen molar-refractivity contribution in [1.29, 1.82) is 0 Å². The minimum atomic E-state index is -0.643. The second-order valence-corrected chi connectivity index (χ2v) is 10.5. The predicted octanol–water partition coefficient (Wildman–Crippen LogP) is 7.35. The molecule has 0 fully saturated rings. The molecule has 49 heavy (non-hydrogen) atoms. The van der Waals surface area contributed by atoms with Gasteiger partial charge in [-0.25, -0.2) is 19.2 Å². The highest BCUT2D eigenvalue weighted by Gasteiger charge is 2.10. The molecule has 0 unspecified atom stereocenters. The number of unbranched alkanes of at least 4 members (excludes halogenated alkanes) is 2. The summed E-state index contributed by atoms with van der Waals surface area (Å²) < 4.78 is 31.8. The third-order valence-corrected chi connectivity index (χ3v) is 6.65. The lowest BCUT2D eigenvalue weighted by Gasteiger charge is -2.07. The molecule has 0 amide bonds. The average molecular weight is 689 g/mol. The Morgan fingerprint density at radius 2 is 0.980 bits per heavy atom. The topological polar surface area (TPSA) is 124 Å². The number of carbonyl (C=O) groups excluding carboxylic acids is 4. The van der Waals surface area contributed by atoms with Gasteiger partial charge in [0.2, 0.25) is 0 Å². The van der Waals surface area contributed by atoms with Gasteiger partial charge in [-0.2, -0.15) is 0 Å². The van der Waals surface area contributed by atoms with Gasteiger partial charge in [0.25, 0.3) is 0 Å². The molecule has 0 heterocycles. The largest absolute Gasteiger partial charge is 0.494 e. The first kappa shape index (κ1) is 37.8. The molecule has 0 aliphatic carbocycles. The lowest BCUT2D eigenvalue weighted by Crippen LogP contribution is -2.06. The van der Waals surface area contributed by atoms with Crippen LogP contribution in [0.15, 0.2) is 104 Å². The van der Waals surface area contributed by atoms with E-state index in [0.717, 1.165) is 36.1 Å². The van der Waals surface area contributed by atoms with E-state index in [1.54, 1.807) is 60.7 Å². The Kier molecular flexibility index (Phi) is 16.5. The van der Waals surface area contributed by atoms with Gasteiger partial charge in [0.1, 0.15) is 23.0 Å². The van der Waals surface area contributed by atoms with Gasteiger partial charge in [-0.1, -0.05) is 49.0 Å². The van der Waals surface area contributed by atoms with Crippen LogP contribution in [0.3, 0.4) is 0 Å². The number of rotatable bonds is 20. The maximum absolute atomic E-state index is 12.4. The predicted molar refractivity (Wildman–Crippen MR) is 185 cm³/mol. The van der Waals surface area contributed by atoms with Crippen LogP contribution in [-0.2, 0) is 28.7 Å². The summed E-state index contributed by atoms with van der Waals surface area (Å²) >= 11 is 6.26. The Labute approximate surface area is 290 Å². The summed E-state index contributed by atoms with van der Waals surface area (Å²) in [5.41, 5.74) is 1.51. The summed E-state index contributed by atoms with van der Waals surface area (Å²) in [7, 11) is 0. The summed E-state index contributed by atoms with van der Waals surface area (Å²) in [4.78, 5) is 46.7. The number of hydrogen-bond donors (Lipinski definition) is 0. The number of halogens is 1. The Morgan fingerprint density at radius 3 is 1.43 bits per heavy atom. The molecular formula is C38H37ClO10. The fourth-order valence-corrected chi connectivity index (χ4v) is 4.06. The molecule has 3 aromatic carbocycles. The smallest absolute Gasteiger partial charge is 0.336 e. The van der Waals surface area contributed by atoms with Gasteiger partial charge < -0.3 is 28.4 Å². The molecule has 0 bridgehead atoms. The molecular weight excluding hydrogens is 652 g/mol. The third-order valence-electron chi connectivity index (χ3n) is 6.35. The van der Waals surface area contributed by atoms with Gasteiger partial charge in [-0.3, -0.25) is 0 Å². The van der Waals surface area contributed by atoms with Crippen molar-refractivity contribution < 1.29 is 47.6 Å². The van der Waals surface area contributed by atoms with Crippen molar-refractivity contribution in [2.75, 3.05) is 26.4 Å². The van der Waals surface area contributed by atoms with E-state index in [0.29, 0.717) is 50.8 Å². The van der Waals surface area contributed by atoms with Gasteiger partial charge >= 0.3 is 23.9 Å². The molecule has 3 rings (SSSR count). The summed E-state index contributed by atoms with van der Waals surface area (Å²) in [5.74, 6) is -0.531. The molecule has 256 valence electrons. The Balaban J connectivity index is 1.37. The SMILES string of the molecule is C=CC(=O)OCCCCOc1ccc(/C=C/C(=O)Oc2ccc(OC(=O)/C=C/c3ccc(OCCCCOC(=O)C=C)cc3)c(Cl)c2)cc1. The molecule has 0 saturated heterocycles. The quantitative estimate of drug-likeness (QED) is 0.0515. The Bertz CT molecular complexity index is 1630. The monoisotopic (exact) mass is 688 g/mol. The summed E-state index contributed by atoms with van der Waals surface area (Å²) in [5, 5.41) is 0.0877. The summed E-state index contributed by atoms with van der Waals surface area (Å²) in [6, 6.07) is 18.6. The van der Waals surface area contributed by atoms with Crippen molar-refractivity contribution in [1.82, 2.24) is 0 Å². The second kappa shape index (κ2) is 21.3. The van der Waals surface area contributed by atoms with Crippen molar-refractivity contribution >= 4 is 47.6 Å². The fourth-order valence-electron chi connectivity index (χ4n) is 3.85. The van der Waals surface area contributed by atoms with Gasteiger partial charge in [-0.05, 0) is 85.4 Å². The van der Waals surface area contributed by atoms with Crippen LogP contribution >= 0.6 is 11.6 Å². The first-order valence-corrected chi connectivity index (χ1v) is 15.8. The van der Waals surface area contributed by atoms with E-state index in [-0.39, 0.29) is 16.5 Å². The second-order valence-electron chi connectivity index (χ2n) is 10.1. The Morgan fingerprint density at radius 1 is 0.551 bits per heavy atom. The van der Waals surface area contributed by atoms with Gasteiger partial charge in [0, 0.05) is 30.4 Å². The molecule has 0 aliphatic heterocycles.